The molecule has 1 fully saturated rings. The van der Waals surface area contributed by atoms with Gasteiger partial charge in [0.1, 0.15) is 11.6 Å². The fraction of sp³-hybridized carbons (Fsp3) is 0.594. The number of aliphatic hydroxyl groups is 1. The largest absolute Gasteiger partial charge is 0.478 e. The van der Waals surface area contributed by atoms with E-state index in [9.17, 15) is 19.5 Å². The second kappa shape index (κ2) is 16.4. The van der Waals surface area contributed by atoms with Gasteiger partial charge in [-0.15, -0.1) is 0 Å². The van der Waals surface area contributed by atoms with E-state index in [1.54, 1.807) is 13.8 Å². The van der Waals surface area contributed by atoms with Crippen LogP contribution in [0.4, 0.5) is 0 Å². The third-order valence-electron chi connectivity index (χ3n) is 7.16. The van der Waals surface area contributed by atoms with Crippen LogP contribution in [0.5, 0.6) is 0 Å². The van der Waals surface area contributed by atoms with Crippen molar-refractivity contribution in [2.24, 2.45) is 29.6 Å². The van der Waals surface area contributed by atoms with Crippen LogP contribution in [0.15, 0.2) is 59.3 Å². The summed E-state index contributed by atoms with van der Waals surface area (Å²) in [4.78, 5) is 35.6. The lowest BCUT2D eigenvalue weighted by atomic mass is 9.83. The molecule has 0 aromatic carbocycles. The van der Waals surface area contributed by atoms with Crippen LogP contribution < -0.4 is 0 Å². The number of aliphatic carboxylic acids is 1. The van der Waals surface area contributed by atoms with Gasteiger partial charge >= 0.3 is 5.97 Å². The maximum Gasteiger partial charge on any atom is 0.328 e. The Hall–Kier alpha value is -2.57. The van der Waals surface area contributed by atoms with Crippen molar-refractivity contribution < 1.29 is 29.3 Å². The SMILES string of the molecule is CC(C=C[C@@H]1OCCC(=O)[C@H]1C)=CC(C)CC=CC(C)=CC(C)C(=O)C(C)[C@H](O)C(C)CC(C)=CC(=O)O. The molecule has 1 aliphatic rings. The highest BCUT2D eigenvalue weighted by Crippen LogP contribution is 2.24. The zero-order valence-electron chi connectivity index (χ0n) is 24.4. The Balaban J connectivity index is 2.63. The highest BCUT2D eigenvalue weighted by molar-refractivity contribution is 5.85. The monoisotopic (exact) mass is 528 g/mol. The van der Waals surface area contributed by atoms with E-state index < -0.39 is 18.0 Å². The Morgan fingerprint density at radius 1 is 1.05 bits per heavy atom. The maximum atomic E-state index is 12.9. The van der Waals surface area contributed by atoms with Gasteiger partial charge in [0.05, 0.1) is 18.8 Å². The lowest BCUT2D eigenvalue weighted by Gasteiger charge is -2.25. The van der Waals surface area contributed by atoms with Crippen LogP contribution in [0, 0.1) is 29.6 Å². The molecule has 0 aromatic rings. The summed E-state index contributed by atoms with van der Waals surface area (Å²) in [7, 11) is 0. The Morgan fingerprint density at radius 3 is 2.32 bits per heavy atom. The maximum absolute atomic E-state index is 12.9. The summed E-state index contributed by atoms with van der Waals surface area (Å²) in [6, 6.07) is 0. The molecule has 0 spiro atoms. The number of ketones is 2. The minimum Gasteiger partial charge on any atom is -0.478 e. The first-order valence-electron chi connectivity index (χ1n) is 13.7. The lowest BCUT2D eigenvalue weighted by Crippen LogP contribution is -2.34. The smallest absolute Gasteiger partial charge is 0.328 e. The zero-order chi connectivity index (χ0) is 29.0. The lowest BCUT2D eigenvalue weighted by molar-refractivity contribution is -0.133. The summed E-state index contributed by atoms with van der Waals surface area (Å²) < 4.78 is 5.71. The predicted molar refractivity (Wildman–Crippen MR) is 153 cm³/mol. The van der Waals surface area contributed by atoms with Gasteiger partial charge in [-0.05, 0) is 45.4 Å². The normalized spacial score (nSPS) is 23.9. The number of aliphatic hydroxyl groups excluding tert-OH is 1. The van der Waals surface area contributed by atoms with Crippen molar-refractivity contribution >= 4 is 17.5 Å². The minimum absolute atomic E-state index is 0.0337. The summed E-state index contributed by atoms with van der Waals surface area (Å²) in [6.07, 6.45) is 14.2. The quantitative estimate of drug-likeness (QED) is 0.204. The molecular formula is C32H48O6. The molecule has 0 saturated carbocycles. The van der Waals surface area contributed by atoms with Gasteiger partial charge in [-0.25, -0.2) is 4.79 Å². The number of carboxylic acids is 1. The van der Waals surface area contributed by atoms with Crippen molar-refractivity contribution in [3.05, 3.63) is 59.3 Å². The minimum atomic E-state index is -1.01. The molecule has 1 rings (SSSR count). The first kappa shape index (κ1) is 33.5. The van der Waals surface area contributed by atoms with Crippen molar-refractivity contribution in [2.45, 2.75) is 86.9 Å². The number of allylic oxidation sites excluding steroid dienone is 8. The highest BCUT2D eigenvalue weighted by atomic mass is 16.5. The summed E-state index contributed by atoms with van der Waals surface area (Å²) in [6.45, 7) is 15.7. The van der Waals surface area contributed by atoms with Crippen molar-refractivity contribution in [3.63, 3.8) is 0 Å². The number of carbonyl (C=O) groups is 3. The molecule has 7 atom stereocenters. The second-order valence-corrected chi connectivity index (χ2v) is 11.1. The van der Waals surface area contributed by atoms with E-state index in [-0.39, 0.29) is 35.4 Å². The van der Waals surface area contributed by atoms with Gasteiger partial charge < -0.3 is 14.9 Å². The molecule has 0 aromatic heterocycles. The molecule has 0 aliphatic carbocycles. The number of Topliss-reactive ketones (excluding diaryl/α,β-unsaturated/α-hetero) is 2. The molecule has 4 unspecified atom stereocenters. The Morgan fingerprint density at radius 2 is 1.68 bits per heavy atom. The summed E-state index contributed by atoms with van der Waals surface area (Å²) in [5, 5.41) is 19.5. The van der Waals surface area contributed by atoms with Gasteiger partial charge in [0, 0.05) is 30.3 Å². The average molecular weight is 529 g/mol. The third kappa shape index (κ3) is 11.9. The first-order chi connectivity index (χ1) is 17.7. The van der Waals surface area contributed by atoms with Gasteiger partial charge in [0.15, 0.2) is 0 Å². The van der Waals surface area contributed by atoms with E-state index in [1.807, 2.05) is 58.9 Å². The van der Waals surface area contributed by atoms with Crippen LogP contribution in [-0.2, 0) is 19.1 Å². The van der Waals surface area contributed by atoms with Crippen LogP contribution in [0.25, 0.3) is 0 Å². The van der Waals surface area contributed by atoms with Gasteiger partial charge in [-0.2, -0.15) is 0 Å². The number of ether oxygens (including phenoxy) is 1. The molecule has 6 heteroatoms. The molecule has 212 valence electrons. The van der Waals surface area contributed by atoms with E-state index in [4.69, 9.17) is 9.84 Å². The van der Waals surface area contributed by atoms with E-state index in [0.29, 0.717) is 30.9 Å². The fourth-order valence-corrected chi connectivity index (χ4v) is 4.87. The zero-order valence-corrected chi connectivity index (χ0v) is 24.4. The van der Waals surface area contributed by atoms with Crippen LogP contribution >= 0.6 is 0 Å². The first-order valence-corrected chi connectivity index (χ1v) is 13.7. The highest BCUT2D eigenvalue weighted by Gasteiger charge is 2.29. The number of hydrogen-bond acceptors (Lipinski definition) is 5. The van der Waals surface area contributed by atoms with Gasteiger partial charge in [0.2, 0.25) is 0 Å². The molecule has 38 heavy (non-hydrogen) atoms. The molecule has 0 amide bonds. The van der Waals surface area contributed by atoms with Crippen LogP contribution in [0.3, 0.4) is 0 Å². The predicted octanol–water partition coefficient (Wildman–Crippen LogP) is 6.27. The van der Waals surface area contributed by atoms with Gasteiger partial charge in [0.25, 0.3) is 0 Å². The molecule has 0 radical (unpaired) electrons. The van der Waals surface area contributed by atoms with E-state index in [1.165, 1.54) is 0 Å². The topological polar surface area (TPSA) is 101 Å². The van der Waals surface area contributed by atoms with Crippen molar-refractivity contribution in [3.8, 4) is 0 Å². The van der Waals surface area contributed by atoms with E-state index >= 15 is 0 Å². The Bertz CT molecular complexity index is 966. The number of carboxylic acid groups (broad SMARTS) is 1. The van der Waals surface area contributed by atoms with E-state index in [0.717, 1.165) is 23.6 Å². The molecule has 1 saturated heterocycles. The number of hydrogen-bond donors (Lipinski definition) is 2. The molecular weight excluding hydrogens is 480 g/mol. The number of rotatable bonds is 14. The van der Waals surface area contributed by atoms with Gasteiger partial charge in [-0.3, -0.25) is 9.59 Å². The van der Waals surface area contributed by atoms with Crippen molar-refractivity contribution in [2.75, 3.05) is 6.61 Å². The molecule has 1 aliphatic heterocycles. The van der Waals surface area contributed by atoms with Crippen LogP contribution in [-0.4, -0.2) is 46.6 Å². The van der Waals surface area contributed by atoms with E-state index in [2.05, 4.69) is 19.1 Å². The van der Waals surface area contributed by atoms with Gasteiger partial charge in [-0.1, -0.05) is 87.8 Å². The van der Waals surface area contributed by atoms with Crippen LogP contribution in [0.1, 0.15) is 74.7 Å². The molecule has 6 nitrogen and oxygen atoms in total. The van der Waals surface area contributed by atoms with Crippen LogP contribution in [0.2, 0.25) is 0 Å². The molecule has 2 N–H and O–H groups in total. The Kier molecular flexibility index (Phi) is 14.4. The number of carbonyl (C=O) groups excluding carboxylic acids is 2. The third-order valence-corrected chi connectivity index (χ3v) is 7.16. The molecule has 0 bridgehead atoms. The standard InChI is InChI=1S/C32H48O6/c1-20(16-22(3)12-13-29-26(7)28(33)14-15-38-29)10-9-11-21(2)17-24(5)31(36)27(8)32(37)25(6)18-23(4)19-30(34)35/h9,11-13,16-17,19-20,24-27,29,32,37H,10,14-15,18H2,1-8H3,(H,34,35)/t20?,24?,25?,26-,27?,29+,32-/m1/s1. The summed E-state index contributed by atoms with van der Waals surface area (Å²) in [5.41, 5.74) is 2.78. The summed E-state index contributed by atoms with van der Waals surface area (Å²) in [5.74, 6) is -1.68. The average Bonchev–Trinajstić information content (AvgIpc) is 2.82. The van der Waals surface area contributed by atoms with Crippen molar-refractivity contribution in [1.82, 2.24) is 0 Å². The fourth-order valence-electron chi connectivity index (χ4n) is 4.87. The molecule has 1 heterocycles. The summed E-state index contributed by atoms with van der Waals surface area (Å²) >= 11 is 0. The Labute approximate surface area is 229 Å². The van der Waals surface area contributed by atoms with Crippen molar-refractivity contribution in [1.29, 1.82) is 0 Å². The second-order valence-electron chi connectivity index (χ2n) is 11.1.